The lowest BCUT2D eigenvalue weighted by atomic mass is 9.99. The molecule has 7 nitrogen and oxygen atoms in total. The van der Waals surface area contributed by atoms with Crippen LogP contribution in [0.4, 0.5) is 4.39 Å². The van der Waals surface area contributed by atoms with E-state index in [-0.39, 0.29) is 42.4 Å². The first-order valence-corrected chi connectivity index (χ1v) is 10.3. The van der Waals surface area contributed by atoms with Crippen molar-refractivity contribution in [3.05, 3.63) is 59.9 Å². The molecule has 1 amide bonds. The predicted octanol–water partition coefficient (Wildman–Crippen LogP) is 3.12. The molecule has 0 aliphatic rings. The summed E-state index contributed by atoms with van der Waals surface area (Å²) in [4.78, 5) is 16.4. The zero-order valence-corrected chi connectivity index (χ0v) is 21.0. The van der Waals surface area contributed by atoms with E-state index in [9.17, 15) is 9.18 Å². The summed E-state index contributed by atoms with van der Waals surface area (Å²) in [6.07, 6.45) is 0.234. The number of ether oxygens (including phenoxy) is 2. The maximum atomic E-state index is 13.1. The van der Waals surface area contributed by atoms with Crippen molar-refractivity contribution in [1.82, 2.24) is 10.6 Å². The summed E-state index contributed by atoms with van der Waals surface area (Å²) >= 11 is 0. The lowest BCUT2D eigenvalue weighted by Gasteiger charge is -2.19. The fraction of sp³-hybridized carbons (Fsp3) is 0.391. The molecule has 2 atom stereocenters. The van der Waals surface area contributed by atoms with Gasteiger partial charge in [0.25, 0.3) is 0 Å². The van der Waals surface area contributed by atoms with Crippen molar-refractivity contribution in [2.24, 2.45) is 16.6 Å². The van der Waals surface area contributed by atoms with Crippen LogP contribution in [0.3, 0.4) is 0 Å². The van der Waals surface area contributed by atoms with E-state index >= 15 is 0 Å². The number of methoxy groups -OCH3 is 1. The van der Waals surface area contributed by atoms with Crippen LogP contribution in [0.15, 0.2) is 53.5 Å². The van der Waals surface area contributed by atoms with Crippen LogP contribution in [0.25, 0.3) is 0 Å². The van der Waals surface area contributed by atoms with E-state index < -0.39 is 11.8 Å². The number of hydrogen-bond acceptors (Lipinski definition) is 4. The molecule has 0 fully saturated rings. The van der Waals surface area contributed by atoms with Crippen LogP contribution in [-0.4, -0.2) is 44.7 Å². The van der Waals surface area contributed by atoms with Crippen LogP contribution in [0, 0.1) is 11.7 Å². The number of benzene rings is 2. The molecule has 4 N–H and O–H groups in total. The number of hydrogen-bond donors (Lipinski definition) is 3. The zero-order valence-electron chi connectivity index (χ0n) is 18.6. The highest BCUT2D eigenvalue weighted by Crippen LogP contribution is 2.26. The summed E-state index contributed by atoms with van der Waals surface area (Å²) in [6.45, 7) is 5.25. The summed E-state index contributed by atoms with van der Waals surface area (Å²) in [5, 5.41) is 6.36. The van der Waals surface area contributed by atoms with Gasteiger partial charge in [-0.2, -0.15) is 0 Å². The molecule has 32 heavy (non-hydrogen) atoms. The minimum atomic E-state index is -0.497. The van der Waals surface area contributed by atoms with Gasteiger partial charge < -0.3 is 25.8 Å². The van der Waals surface area contributed by atoms with Crippen LogP contribution in [0.2, 0.25) is 0 Å². The fourth-order valence-electron chi connectivity index (χ4n) is 2.92. The number of nitrogens with zero attached hydrogens (tertiary/aromatic N) is 1. The van der Waals surface area contributed by atoms with Gasteiger partial charge >= 0.3 is 0 Å². The average molecular weight is 558 g/mol. The first-order valence-electron chi connectivity index (χ1n) is 10.3. The van der Waals surface area contributed by atoms with E-state index in [0.29, 0.717) is 37.0 Å². The summed E-state index contributed by atoms with van der Waals surface area (Å²) in [7, 11) is 1.60. The number of aliphatic imine (C=N–C) groups is 1. The van der Waals surface area contributed by atoms with Gasteiger partial charge in [-0.1, -0.05) is 24.3 Å². The number of nitrogens with one attached hydrogen (secondary N) is 2. The van der Waals surface area contributed by atoms with Gasteiger partial charge in [0.2, 0.25) is 5.91 Å². The van der Waals surface area contributed by atoms with E-state index in [1.807, 2.05) is 38.1 Å². The number of para-hydroxylation sites is 2. The third-order valence-corrected chi connectivity index (χ3v) is 4.57. The van der Waals surface area contributed by atoms with Crippen molar-refractivity contribution in [3.8, 4) is 11.5 Å². The Kier molecular flexibility index (Phi) is 12.4. The Morgan fingerprint density at radius 2 is 1.78 bits per heavy atom. The smallest absolute Gasteiger partial charge is 0.222 e. The van der Waals surface area contributed by atoms with E-state index in [2.05, 4.69) is 15.6 Å². The van der Waals surface area contributed by atoms with E-state index in [0.717, 1.165) is 5.56 Å². The Morgan fingerprint density at radius 3 is 2.38 bits per heavy atom. The molecule has 0 saturated heterocycles. The molecule has 0 aromatic heterocycles. The minimum absolute atomic E-state index is 0. The molecular formula is C23H32FIN4O3. The predicted molar refractivity (Wildman–Crippen MR) is 135 cm³/mol. The Labute approximate surface area is 206 Å². The Morgan fingerprint density at radius 1 is 1.12 bits per heavy atom. The lowest BCUT2D eigenvalue weighted by molar-refractivity contribution is -0.121. The third-order valence-electron chi connectivity index (χ3n) is 4.57. The van der Waals surface area contributed by atoms with Gasteiger partial charge in [0.15, 0.2) is 17.5 Å². The molecule has 2 unspecified atom stereocenters. The summed E-state index contributed by atoms with van der Waals surface area (Å²) < 4.78 is 24.4. The quantitative estimate of drug-likeness (QED) is 0.224. The van der Waals surface area contributed by atoms with Crippen molar-refractivity contribution >= 4 is 35.8 Å². The number of primary amides is 1. The molecule has 0 aliphatic heterocycles. The number of nitrogens with two attached hydrogens (primary N) is 1. The van der Waals surface area contributed by atoms with Crippen LogP contribution in [0.1, 0.15) is 19.4 Å². The second-order valence-electron chi connectivity index (χ2n) is 7.11. The van der Waals surface area contributed by atoms with Crippen LogP contribution < -0.4 is 25.8 Å². The van der Waals surface area contributed by atoms with Crippen molar-refractivity contribution in [3.63, 3.8) is 0 Å². The highest BCUT2D eigenvalue weighted by Gasteiger charge is 2.16. The molecule has 0 heterocycles. The molecule has 0 radical (unpaired) electrons. The maximum Gasteiger partial charge on any atom is 0.222 e. The molecule has 0 spiro atoms. The summed E-state index contributed by atoms with van der Waals surface area (Å²) in [6, 6.07) is 13.5. The number of carbonyl (C=O) groups excluding carboxylic acids is 1. The number of amides is 1. The number of guanidine groups is 1. The highest BCUT2D eigenvalue weighted by molar-refractivity contribution is 14.0. The molecule has 2 aromatic carbocycles. The van der Waals surface area contributed by atoms with Crippen molar-refractivity contribution in [2.45, 2.75) is 26.4 Å². The Balaban J connectivity index is 0.00000512. The first kappa shape index (κ1) is 27.5. The number of rotatable bonds is 11. The number of carbonyl (C=O) groups is 1. The van der Waals surface area contributed by atoms with Crippen LogP contribution in [-0.2, 0) is 11.2 Å². The number of halogens is 2. The van der Waals surface area contributed by atoms with Crippen molar-refractivity contribution in [2.75, 3.05) is 26.7 Å². The second-order valence-corrected chi connectivity index (χ2v) is 7.11. The maximum absolute atomic E-state index is 13.1. The zero-order chi connectivity index (χ0) is 22.6. The van der Waals surface area contributed by atoms with E-state index in [1.54, 1.807) is 19.2 Å². The molecular weight excluding hydrogens is 526 g/mol. The normalized spacial score (nSPS) is 12.8. The van der Waals surface area contributed by atoms with Gasteiger partial charge in [-0.05, 0) is 50.1 Å². The average Bonchev–Trinajstić information content (AvgIpc) is 2.76. The van der Waals surface area contributed by atoms with Gasteiger partial charge in [0, 0.05) is 6.54 Å². The van der Waals surface area contributed by atoms with Gasteiger partial charge in [0.05, 0.1) is 26.1 Å². The van der Waals surface area contributed by atoms with Gasteiger partial charge in [-0.25, -0.2) is 4.39 Å². The Hall–Kier alpha value is -2.56. The summed E-state index contributed by atoms with van der Waals surface area (Å²) in [5.74, 6) is 0.623. The molecule has 2 aromatic rings. The second kappa shape index (κ2) is 14.5. The monoisotopic (exact) mass is 558 g/mol. The SMILES string of the molecule is CCNC(=NCC(Cc1ccc(F)cc1)C(N)=O)NCC(C)Oc1ccccc1OC.I. The highest BCUT2D eigenvalue weighted by atomic mass is 127. The summed E-state index contributed by atoms with van der Waals surface area (Å²) in [5.41, 5.74) is 6.39. The minimum Gasteiger partial charge on any atom is -0.493 e. The topological polar surface area (TPSA) is 98.0 Å². The van der Waals surface area contributed by atoms with Crippen molar-refractivity contribution in [1.29, 1.82) is 0 Å². The fourth-order valence-corrected chi connectivity index (χ4v) is 2.92. The lowest BCUT2D eigenvalue weighted by Crippen LogP contribution is -2.42. The van der Waals surface area contributed by atoms with Gasteiger partial charge in [-0.3, -0.25) is 9.79 Å². The van der Waals surface area contributed by atoms with E-state index in [1.165, 1.54) is 12.1 Å². The van der Waals surface area contributed by atoms with Crippen molar-refractivity contribution < 1.29 is 18.7 Å². The molecule has 0 saturated carbocycles. The molecule has 176 valence electrons. The van der Waals surface area contributed by atoms with Gasteiger partial charge in [-0.15, -0.1) is 24.0 Å². The Bertz CT molecular complexity index is 865. The first-order chi connectivity index (χ1) is 14.9. The van der Waals surface area contributed by atoms with Gasteiger partial charge in [0.1, 0.15) is 11.9 Å². The standard InChI is InChI=1S/C23H31FN4O3.HI/c1-4-26-23(27-14-16(2)31-21-8-6-5-7-20(21)30-3)28-15-18(22(25)29)13-17-9-11-19(24)12-10-17;/h5-12,16,18H,4,13-15H2,1-3H3,(H2,25,29)(H2,26,27,28);1H. The molecule has 0 aliphatic carbocycles. The molecule has 0 bridgehead atoms. The van der Waals surface area contributed by atoms with Crippen LogP contribution >= 0.6 is 24.0 Å². The van der Waals surface area contributed by atoms with Crippen LogP contribution in [0.5, 0.6) is 11.5 Å². The largest absolute Gasteiger partial charge is 0.493 e. The van der Waals surface area contributed by atoms with E-state index in [4.69, 9.17) is 15.2 Å². The molecule has 2 rings (SSSR count). The molecule has 9 heteroatoms. The third kappa shape index (κ3) is 9.29.